The molecule has 112 valence electrons. The van der Waals surface area contributed by atoms with E-state index < -0.39 is 5.97 Å². The SMILES string of the molecule is Cc1ccc(Cl)c(OC(=O)/C=C/c2ccc3c(c2)OCO3)c1. The van der Waals surface area contributed by atoms with E-state index in [-0.39, 0.29) is 6.79 Å². The summed E-state index contributed by atoms with van der Waals surface area (Å²) in [6, 6.07) is 10.7. The third-order valence-electron chi connectivity index (χ3n) is 3.11. The monoisotopic (exact) mass is 316 g/mol. The van der Waals surface area contributed by atoms with Gasteiger partial charge >= 0.3 is 5.97 Å². The third-order valence-corrected chi connectivity index (χ3v) is 3.42. The van der Waals surface area contributed by atoms with Crippen LogP contribution >= 0.6 is 11.6 Å². The third kappa shape index (κ3) is 3.23. The summed E-state index contributed by atoms with van der Waals surface area (Å²) in [5.74, 6) is 1.22. The van der Waals surface area contributed by atoms with Crippen molar-refractivity contribution in [2.45, 2.75) is 6.92 Å². The average Bonchev–Trinajstić information content (AvgIpc) is 2.96. The van der Waals surface area contributed by atoms with Gasteiger partial charge in [0.2, 0.25) is 6.79 Å². The number of rotatable bonds is 3. The van der Waals surface area contributed by atoms with Gasteiger partial charge in [-0.05, 0) is 48.4 Å². The Morgan fingerprint density at radius 3 is 2.86 bits per heavy atom. The molecule has 0 N–H and O–H groups in total. The summed E-state index contributed by atoms with van der Waals surface area (Å²) in [6.07, 6.45) is 2.99. The molecule has 1 heterocycles. The molecule has 0 atom stereocenters. The lowest BCUT2D eigenvalue weighted by Crippen LogP contribution is -2.04. The zero-order valence-corrected chi connectivity index (χ0v) is 12.6. The maximum Gasteiger partial charge on any atom is 0.336 e. The van der Waals surface area contributed by atoms with Crippen LogP contribution in [-0.4, -0.2) is 12.8 Å². The van der Waals surface area contributed by atoms with Gasteiger partial charge in [-0.3, -0.25) is 0 Å². The molecular weight excluding hydrogens is 304 g/mol. The Bertz CT molecular complexity index is 752. The summed E-state index contributed by atoms with van der Waals surface area (Å²) in [5, 5.41) is 0.399. The van der Waals surface area contributed by atoms with E-state index in [1.807, 2.05) is 19.1 Å². The van der Waals surface area contributed by atoms with Gasteiger partial charge in [0.15, 0.2) is 11.5 Å². The molecule has 22 heavy (non-hydrogen) atoms. The molecule has 0 spiro atoms. The van der Waals surface area contributed by atoms with Crippen LogP contribution in [0.25, 0.3) is 6.08 Å². The number of halogens is 1. The number of carbonyl (C=O) groups excluding carboxylic acids is 1. The highest BCUT2D eigenvalue weighted by Gasteiger charge is 2.12. The predicted octanol–water partition coefficient (Wildman–Crippen LogP) is 4.00. The van der Waals surface area contributed by atoms with Gasteiger partial charge in [0.1, 0.15) is 5.75 Å². The van der Waals surface area contributed by atoms with E-state index in [0.29, 0.717) is 22.3 Å². The van der Waals surface area contributed by atoms with Crippen molar-refractivity contribution in [2.24, 2.45) is 0 Å². The maximum atomic E-state index is 11.9. The smallest absolute Gasteiger partial charge is 0.336 e. The van der Waals surface area contributed by atoms with Gasteiger partial charge in [-0.2, -0.15) is 0 Å². The van der Waals surface area contributed by atoms with Crippen LogP contribution in [0.4, 0.5) is 0 Å². The van der Waals surface area contributed by atoms with E-state index >= 15 is 0 Å². The van der Waals surface area contributed by atoms with Crippen LogP contribution in [0.3, 0.4) is 0 Å². The van der Waals surface area contributed by atoms with Crippen LogP contribution in [0.2, 0.25) is 5.02 Å². The average molecular weight is 317 g/mol. The minimum atomic E-state index is -0.495. The van der Waals surface area contributed by atoms with Crippen molar-refractivity contribution >= 4 is 23.6 Å². The molecule has 2 aromatic rings. The number of benzene rings is 2. The normalized spacial score (nSPS) is 12.6. The zero-order chi connectivity index (χ0) is 15.5. The second kappa shape index (κ2) is 6.12. The van der Waals surface area contributed by atoms with Crippen molar-refractivity contribution in [3.63, 3.8) is 0 Å². The van der Waals surface area contributed by atoms with Gasteiger partial charge in [0, 0.05) is 6.08 Å². The van der Waals surface area contributed by atoms with Crippen molar-refractivity contribution < 1.29 is 19.0 Å². The summed E-state index contributed by atoms with van der Waals surface area (Å²) >= 11 is 5.99. The maximum absolute atomic E-state index is 11.9. The van der Waals surface area contributed by atoms with E-state index in [0.717, 1.165) is 11.1 Å². The predicted molar refractivity (Wildman–Crippen MR) is 83.4 cm³/mol. The van der Waals surface area contributed by atoms with Gasteiger partial charge in [-0.25, -0.2) is 4.79 Å². The highest BCUT2D eigenvalue weighted by Crippen LogP contribution is 2.32. The minimum absolute atomic E-state index is 0.219. The minimum Gasteiger partial charge on any atom is -0.454 e. The first-order valence-electron chi connectivity index (χ1n) is 6.67. The number of ether oxygens (including phenoxy) is 3. The second-order valence-corrected chi connectivity index (χ2v) is 5.21. The summed E-state index contributed by atoms with van der Waals surface area (Å²) in [4.78, 5) is 11.9. The number of hydrogen-bond acceptors (Lipinski definition) is 4. The number of hydrogen-bond donors (Lipinski definition) is 0. The zero-order valence-electron chi connectivity index (χ0n) is 11.8. The first-order valence-corrected chi connectivity index (χ1v) is 7.05. The van der Waals surface area contributed by atoms with Crippen molar-refractivity contribution in [1.82, 2.24) is 0 Å². The van der Waals surface area contributed by atoms with E-state index in [1.165, 1.54) is 6.08 Å². The molecule has 0 bridgehead atoms. The van der Waals surface area contributed by atoms with Crippen LogP contribution in [0.5, 0.6) is 17.2 Å². The fraction of sp³-hybridized carbons (Fsp3) is 0.118. The number of esters is 1. The first-order chi connectivity index (χ1) is 10.6. The summed E-state index contributed by atoms with van der Waals surface area (Å²) in [6.45, 7) is 2.12. The van der Waals surface area contributed by atoms with E-state index in [4.69, 9.17) is 25.8 Å². The highest BCUT2D eigenvalue weighted by atomic mass is 35.5. The van der Waals surface area contributed by atoms with E-state index in [2.05, 4.69) is 0 Å². The highest BCUT2D eigenvalue weighted by molar-refractivity contribution is 6.32. The van der Waals surface area contributed by atoms with Crippen LogP contribution in [-0.2, 0) is 4.79 Å². The fourth-order valence-electron chi connectivity index (χ4n) is 2.01. The Morgan fingerprint density at radius 1 is 1.18 bits per heavy atom. The second-order valence-electron chi connectivity index (χ2n) is 4.80. The van der Waals surface area contributed by atoms with E-state index in [1.54, 1.807) is 30.3 Å². The van der Waals surface area contributed by atoms with Gasteiger partial charge in [0.05, 0.1) is 5.02 Å². The molecular formula is C17H13ClO4. The molecule has 5 heteroatoms. The van der Waals surface area contributed by atoms with E-state index in [9.17, 15) is 4.79 Å². The molecule has 2 aromatic carbocycles. The number of aryl methyl sites for hydroxylation is 1. The van der Waals surface area contributed by atoms with Crippen LogP contribution in [0.1, 0.15) is 11.1 Å². The van der Waals surface area contributed by atoms with Gasteiger partial charge in [-0.1, -0.05) is 23.7 Å². The molecule has 1 aliphatic heterocycles. The quantitative estimate of drug-likeness (QED) is 0.488. The molecule has 0 radical (unpaired) electrons. The molecule has 0 saturated carbocycles. The Kier molecular flexibility index (Phi) is 4.02. The number of fused-ring (bicyclic) bond motifs is 1. The van der Waals surface area contributed by atoms with Crippen molar-refractivity contribution in [2.75, 3.05) is 6.79 Å². The molecule has 0 unspecified atom stereocenters. The Balaban J connectivity index is 1.70. The molecule has 0 fully saturated rings. The molecule has 0 aromatic heterocycles. The number of carbonyl (C=O) groups is 1. The molecule has 0 amide bonds. The standard InChI is InChI=1S/C17H13ClO4/c1-11-2-5-13(18)15(8-11)22-17(19)7-4-12-3-6-14-16(9-12)21-10-20-14/h2-9H,10H2,1H3/b7-4+. The first kappa shape index (κ1) is 14.5. The lowest BCUT2D eigenvalue weighted by molar-refractivity contribution is -0.128. The fourth-order valence-corrected chi connectivity index (χ4v) is 2.17. The Morgan fingerprint density at radius 2 is 2.00 bits per heavy atom. The molecule has 1 aliphatic rings. The Labute approximate surface area is 132 Å². The Hall–Kier alpha value is -2.46. The van der Waals surface area contributed by atoms with Crippen molar-refractivity contribution in [3.8, 4) is 17.2 Å². The summed E-state index contributed by atoms with van der Waals surface area (Å²) in [5.41, 5.74) is 1.78. The lowest BCUT2D eigenvalue weighted by Gasteiger charge is -2.04. The largest absolute Gasteiger partial charge is 0.454 e. The topological polar surface area (TPSA) is 44.8 Å². The van der Waals surface area contributed by atoms with Crippen molar-refractivity contribution in [1.29, 1.82) is 0 Å². The van der Waals surface area contributed by atoms with Gasteiger partial charge in [-0.15, -0.1) is 0 Å². The molecule has 4 nitrogen and oxygen atoms in total. The van der Waals surface area contributed by atoms with Gasteiger partial charge in [0.25, 0.3) is 0 Å². The van der Waals surface area contributed by atoms with Gasteiger partial charge < -0.3 is 14.2 Å². The van der Waals surface area contributed by atoms with Crippen LogP contribution < -0.4 is 14.2 Å². The van der Waals surface area contributed by atoms with Crippen LogP contribution in [0, 0.1) is 6.92 Å². The molecule has 0 saturated heterocycles. The van der Waals surface area contributed by atoms with Crippen LogP contribution in [0.15, 0.2) is 42.5 Å². The summed E-state index contributed by atoms with van der Waals surface area (Å²) < 4.78 is 15.7. The molecule has 3 rings (SSSR count). The molecule has 0 aliphatic carbocycles. The van der Waals surface area contributed by atoms with Crippen molar-refractivity contribution in [3.05, 3.63) is 58.6 Å². The lowest BCUT2D eigenvalue weighted by atomic mass is 10.2. The summed E-state index contributed by atoms with van der Waals surface area (Å²) in [7, 11) is 0.